The van der Waals surface area contributed by atoms with Crippen molar-refractivity contribution in [2.24, 2.45) is 11.1 Å². The molecule has 5 rings (SSSR count). The molecule has 3 heterocycles. The van der Waals surface area contributed by atoms with Crippen LogP contribution in [-0.2, 0) is 84.7 Å². The molecule has 0 radical (unpaired) electrons. The molecule has 0 spiro atoms. The van der Waals surface area contributed by atoms with Gasteiger partial charge in [0.15, 0.2) is 0 Å². The number of nitrogens with one attached hydrogen (secondary N) is 6. The van der Waals surface area contributed by atoms with Crippen LogP contribution in [0.2, 0.25) is 0 Å². The van der Waals surface area contributed by atoms with Crippen molar-refractivity contribution in [3.63, 3.8) is 0 Å². The van der Waals surface area contributed by atoms with Gasteiger partial charge < -0.3 is 71.2 Å². The second kappa shape index (κ2) is 38.9. The third-order valence-electron chi connectivity index (χ3n) is 14.2. The number of primary amides is 1. The number of amides is 10. The normalized spacial score (nSPS) is 13.7. The summed E-state index contributed by atoms with van der Waals surface area (Å²) in [6.45, 7) is 9.58. The van der Waals surface area contributed by atoms with Crippen molar-refractivity contribution in [1.29, 1.82) is 0 Å². The molecule has 4 aromatic rings. The Morgan fingerprint density at radius 3 is 1.94 bits per heavy atom. The fourth-order valence-electron chi connectivity index (χ4n) is 9.51. The number of aliphatic carboxylic acids is 1. The third-order valence-corrected chi connectivity index (χ3v) is 15.2. The Morgan fingerprint density at radius 2 is 1.31 bits per heavy atom. The van der Waals surface area contributed by atoms with Gasteiger partial charge in [-0.2, -0.15) is 0 Å². The number of aromatic nitrogens is 2. The van der Waals surface area contributed by atoms with E-state index < -0.39 is 119 Å². The molecule has 2 aromatic carbocycles. The monoisotopic (exact) mass is 1330 g/mol. The summed E-state index contributed by atoms with van der Waals surface area (Å²) < 4.78 is 54.0. The standard InChI is InChI=1S/C64H83F2N11O16S/c1-41(71-54(80)32-43-16-20-68-21-17-43)60(85)72-42(2)61(86)74-49(35-52(67)78)62(87)70-19-9-23-76(59(64(3,4)5)51-33-45(47-34-46(65)12-13-48(47)66)37-75(51)36-44-10-7-6-8-11-44)58(84)40-94-39-50(63(88)89)73-53(79)18-24-90-26-28-92-30-31-93-29-27-91-25-22-69-55(81)38-77-56(82)14-15-57(77)83/h6-8,10-17,20-21,33-34,37,41-42,49-50,59H,9,18-19,22-32,35-36,38-40H2,1-5H3,(H2,67,78)(H,69,81)(H,70,87)(H,71,80)(H,72,85)(H,73,79)(H,74,86)(H,88,89)/t41-,42+,49-,50-,59-/m0/s1. The van der Waals surface area contributed by atoms with E-state index in [4.69, 9.17) is 24.7 Å². The highest BCUT2D eigenvalue weighted by atomic mass is 32.2. The highest BCUT2D eigenvalue weighted by Gasteiger charge is 2.38. The number of hydrogen-bond donors (Lipinski definition) is 8. The summed E-state index contributed by atoms with van der Waals surface area (Å²) in [5.74, 6) is -9.78. The molecule has 94 heavy (non-hydrogen) atoms. The lowest BCUT2D eigenvalue weighted by molar-refractivity contribution is -0.141. The first-order valence-corrected chi connectivity index (χ1v) is 31.5. The van der Waals surface area contributed by atoms with Gasteiger partial charge >= 0.3 is 5.97 Å². The summed E-state index contributed by atoms with van der Waals surface area (Å²) in [5.41, 5.74) is 7.00. The molecule has 0 saturated carbocycles. The summed E-state index contributed by atoms with van der Waals surface area (Å²) in [6, 6.07) is 11.3. The SMILES string of the molecule is C[C@H](NC(=O)Cc1ccncc1)C(=O)N[C@H](C)C(=O)N[C@@H](CC(N)=O)C(=O)NCCCN(C(=O)CSC[C@H](NC(=O)CCOCCOCCOCCOCCNC(=O)CN1C(=O)C=CC1=O)C(=O)O)[C@@H](c1cc(-c2cc(F)ccc2F)cn1Cc1ccccc1)C(C)(C)C. The maximum Gasteiger partial charge on any atom is 0.327 e. The van der Waals surface area contributed by atoms with Crippen LogP contribution < -0.4 is 37.6 Å². The number of halogens is 2. The van der Waals surface area contributed by atoms with Crippen molar-refractivity contribution in [3.05, 3.63) is 126 Å². The van der Waals surface area contributed by atoms with Crippen LogP contribution >= 0.6 is 11.8 Å². The molecule has 0 unspecified atom stereocenters. The molecule has 0 saturated heterocycles. The number of imide groups is 1. The van der Waals surface area contributed by atoms with Crippen LogP contribution in [0.15, 0.2) is 97.5 Å². The Hall–Kier alpha value is -8.97. The van der Waals surface area contributed by atoms with E-state index in [1.165, 1.54) is 26.2 Å². The summed E-state index contributed by atoms with van der Waals surface area (Å²) in [6.07, 6.45) is 6.10. The van der Waals surface area contributed by atoms with Gasteiger partial charge in [0.1, 0.15) is 42.3 Å². The highest BCUT2D eigenvalue weighted by Crippen LogP contribution is 2.41. The Bertz CT molecular complexity index is 3250. The lowest BCUT2D eigenvalue weighted by Gasteiger charge is -2.41. The molecule has 27 nitrogen and oxygen atoms in total. The number of carboxylic acids is 1. The van der Waals surface area contributed by atoms with E-state index in [9.17, 15) is 62.2 Å². The number of carbonyl (C=O) groups is 11. The summed E-state index contributed by atoms with van der Waals surface area (Å²) in [5, 5.41) is 25.4. The maximum atomic E-state index is 15.5. The number of hydrogen-bond acceptors (Lipinski definition) is 17. The summed E-state index contributed by atoms with van der Waals surface area (Å²) >= 11 is 0.943. The van der Waals surface area contributed by atoms with Gasteiger partial charge in [-0.25, -0.2) is 13.6 Å². The van der Waals surface area contributed by atoms with Crippen LogP contribution in [0.4, 0.5) is 8.78 Å². The Balaban J connectivity index is 1.17. The predicted molar refractivity (Wildman–Crippen MR) is 339 cm³/mol. The Labute approximate surface area is 547 Å². The fourth-order valence-corrected chi connectivity index (χ4v) is 10.4. The highest BCUT2D eigenvalue weighted by molar-refractivity contribution is 8.00. The average molecular weight is 1330 g/mol. The van der Waals surface area contributed by atoms with Crippen LogP contribution in [0.1, 0.15) is 76.7 Å². The average Bonchev–Trinajstić information content (AvgIpc) is 1.58. The maximum absolute atomic E-state index is 15.5. The van der Waals surface area contributed by atoms with Crippen molar-refractivity contribution < 1.29 is 85.6 Å². The molecule has 2 aromatic heterocycles. The van der Waals surface area contributed by atoms with Gasteiger partial charge in [-0.05, 0) is 73.2 Å². The number of benzene rings is 2. The van der Waals surface area contributed by atoms with Gasteiger partial charge in [0, 0.05) is 85.9 Å². The van der Waals surface area contributed by atoms with Gasteiger partial charge in [0.2, 0.25) is 47.3 Å². The van der Waals surface area contributed by atoms with E-state index in [0.29, 0.717) is 16.8 Å². The molecular weight excluding hydrogens is 1250 g/mol. The minimum Gasteiger partial charge on any atom is -0.480 e. The van der Waals surface area contributed by atoms with Crippen molar-refractivity contribution in [1.82, 2.24) is 51.3 Å². The number of nitrogens with zero attached hydrogens (tertiary/aromatic N) is 4. The summed E-state index contributed by atoms with van der Waals surface area (Å²) in [7, 11) is 0. The van der Waals surface area contributed by atoms with Crippen LogP contribution in [-0.4, -0.2) is 204 Å². The quantitative estimate of drug-likeness (QED) is 0.0231. The van der Waals surface area contributed by atoms with Crippen molar-refractivity contribution in [2.45, 2.75) is 97.1 Å². The van der Waals surface area contributed by atoms with E-state index in [1.807, 2.05) is 55.7 Å². The van der Waals surface area contributed by atoms with Gasteiger partial charge in [-0.15, -0.1) is 11.8 Å². The van der Waals surface area contributed by atoms with Gasteiger partial charge in [-0.1, -0.05) is 51.1 Å². The largest absolute Gasteiger partial charge is 0.480 e. The van der Waals surface area contributed by atoms with Crippen molar-refractivity contribution >= 4 is 76.8 Å². The number of carbonyl (C=O) groups excluding carboxylic acids is 10. The van der Waals surface area contributed by atoms with Crippen molar-refractivity contribution in [2.75, 3.05) is 90.5 Å². The molecule has 9 N–H and O–H groups in total. The first-order chi connectivity index (χ1) is 44.8. The molecule has 10 amide bonds. The van der Waals surface area contributed by atoms with E-state index >= 15 is 4.39 Å². The topological polar surface area (TPSA) is 367 Å². The number of thioether (sulfide) groups is 1. The molecular formula is C64H83F2N11O16S. The lowest BCUT2D eigenvalue weighted by atomic mass is 9.83. The van der Waals surface area contributed by atoms with Gasteiger partial charge in [-0.3, -0.25) is 57.8 Å². The second-order valence-electron chi connectivity index (χ2n) is 22.8. The van der Waals surface area contributed by atoms with E-state index in [1.54, 1.807) is 29.3 Å². The zero-order valence-corrected chi connectivity index (χ0v) is 54.0. The van der Waals surface area contributed by atoms with Crippen LogP contribution in [0, 0.1) is 17.0 Å². The molecule has 5 atom stereocenters. The number of nitrogens with two attached hydrogens (primary N) is 1. The predicted octanol–water partition coefficient (Wildman–Crippen LogP) is 1.71. The molecule has 1 aliphatic heterocycles. The number of carboxylic acid groups (broad SMARTS) is 1. The van der Waals surface area contributed by atoms with E-state index in [2.05, 4.69) is 36.9 Å². The molecule has 0 bridgehead atoms. The molecule has 510 valence electrons. The Morgan fingerprint density at radius 1 is 0.691 bits per heavy atom. The fraction of sp³-hybridized carbons (Fsp3) is 0.469. The van der Waals surface area contributed by atoms with Crippen LogP contribution in [0.5, 0.6) is 0 Å². The molecule has 0 aliphatic carbocycles. The molecule has 1 aliphatic rings. The first kappa shape index (κ1) is 75.7. The summed E-state index contributed by atoms with van der Waals surface area (Å²) in [4.78, 5) is 147. The number of pyridine rings is 1. The molecule has 30 heteroatoms. The first-order valence-electron chi connectivity index (χ1n) is 30.4. The zero-order chi connectivity index (χ0) is 68.7. The zero-order valence-electron chi connectivity index (χ0n) is 53.2. The van der Waals surface area contributed by atoms with Gasteiger partial charge in [0.25, 0.3) is 11.8 Å². The van der Waals surface area contributed by atoms with E-state index in [-0.39, 0.29) is 122 Å². The van der Waals surface area contributed by atoms with Crippen molar-refractivity contribution in [3.8, 4) is 11.1 Å². The number of ether oxygens (including phenoxy) is 4. The minimum absolute atomic E-state index is 0.0284. The minimum atomic E-state index is -1.51. The van der Waals surface area contributed by atoms with Gasteiger partial charge in [0.05, 0.1) is 77.5 Å². The lowest BCUT2D eigenvalue weighted by Crippen LogP contribution is -2.56. The second-order valence-corrected chi connectivity index (χ2v) is 23.8. The van der Waals surface area contributed by atoms with E-state index in [0.717, 1.165) is 52.6 Å². The third kappa shape index (κ3) is 26.2. The number of rotatable bonds is 42. The smallest absolute Gasteiger partial charge is 0.327 e. The Kier molecular flexibility index (Phi) is 31.3. The molecule has 0 fully saturated rings. The van der Waals surface area contributed by atoms with Crippen LogP contribution in [0.3, 0.4) is 0 Å². The van der Waals surface area contributed by atoms with Crippen LogP contribution in [0.25, 0.3) is 11.1 Å².